The average Bonchev–Trinajstić information content (AvgIpc) is 2.80. The lowest BCUT2D eigenvalue weighted by atomic mass is 10.1. The molecule has 3 rings (SSSR count). The maximum absolute atomic E-state index is 12.8. The van der Waals surface area contributed by atoms with Crippen LogP contribution in [0.15, 0.2) is 27.3 Å². The molecule has 2 atom stereocenters. The van der Waals surface area contributed by atoms with Crippen molar-refractivity contribution in [2.45, 2.75) is 26.1 Å². The summed E-state index contributed by atoms with van der Waals surface area (Å²) in [6.07, 6.45) is 1.93. The fraction of sp³-hybridized carbons (Fsp3) is 0.400. The van der Waals surface area contributed by atoms with Crippen molar-refractivity contribution in [2.75, 3.05) is 13.1 Å². The smallest absolute Gasteiger partial charge is 0.256 e. The van der Waals surface area contributed by atoms with Gasteiger partial charge in [-0.05, 0) is 57.8 Å². The number of ether oxygens (including phenoxy) is 1. The molecule has 1 aromatic heterocycles. The Hall–Kier alpha value is -0.850. The number of fused-ring (bicyclic) bond motifs is 1. The highest BCUT2D eigenvalue weighted by Gasteiger charge is 2.28. The van der Waals surface area contributed by atoms with Gasteiger partial charge in [-0.25, -0.2) is 0 Å². The molecule has 2 aromatic rings. The van der Waals surface area contributed by atoms with Gasteiger partial charge in [0.2, 0.25) is 0 Å². The zero-order valence-electron chi connectivity index (χ0n) is 11.8. The van der Waals surface area contributed by atoms with Gasteiger partial charge in [-0.15, -0.1) is 0 Å². The molecule has 4 nitrogen and oxygen atoms in total. The molecule has 1 aliphatic rings. The van der Waals surface area contributed by atoms with Gasteiger partial charge in [0, 0.05) is 39.1 Å². The van der Waals surface area contributed by atoms with E-state index in [0.717, 1.165) is 19.8 Å². The van der Waals surface area contributed by atoms with Crippen LogP contribution in [-0.2, 0) is 4.74 Å². The Bertz CT molecular complexity index is 688. The minimum atomic E-state index is 0.0532. The summed E-state index contributed by atoms with van der Waals surface area (Å²) in [4.78, 5) is 17.8. The number of aromatic amines is 1. The van der Waals surface area contributed by atoms with Crippen LogP contribution in [0.2, 0.25) is 0 Å². The number of nitrogens with one attached hydrogen (secondary N) is 1. The number of hydrogen-bond donors (Lipinski definition) is 1. The fourth-order valence-electron chi connectivity index (χ4n) is 2.81. The second kappa shape index (κ2) is 5.74. The van der Waals surface area contributed by atoms with Crippen molar-refractivity contribution in [3.05, 3.63) is 32.8 Å². The number of rotatable bonds is 1. The zero-order chi connectivity index (χ0) is 15.1. The van der Waals surface area contributed by atoms with Crippen molar-refractivity contribution >= 4 is 48.7 Å². The number of morpholine rings is 1. The van der Waals surface area contributed by atoms with Crippen LogP contribution in [0.1, 0.15) is 24.2 Å². The van der Waals surface area contributed by atoms with Crippen LogP contribution >= 0.6 is 31.9 Å². The van der Waals surface area contributed by atoms with Crippen molar-refractivity contribution in [3.63, 3.8) is 0 Å². The number of aromatic nitrogens is 1. The first-order chi connectivity index (χ1) is 9.95. The number of carbonyl (C=O) groups excluding carboxylic acids is 1. The molecule has 21 heavy (non-hydrogen) atoms. The number of nitrogens with zero attached hydrogens (tertiary/aromatic N) is 1. The number of amides is 1. The Kier molecular flexibility index (Phi) is 4.12. The second-order valence-electron chi connectivity index (χ2n) is 5.48. The summed E-state index contributed by atoms with van der Waals surface area (Å²) < 4.78 is 7.59. The number of carbonyl (C=O) groups is 1. The molecule has 112 valence electrons. The molecule has 0 aliphatic carbocycles. The first-order valence-corrected chi connectivity index (χ1v) is 8.45. The van der Waals surface area contributed by atoms with Gasteiger partial charge in [-0.1, -0.05) is 0 Å². The van der Waals surface area contributed by atoms with Crippen LogP contribution in [-0.4, -0.2) is 41.1 Å². The van der Waals surface area contributed by atoms with Crippen LogP contribution in [0.25, 0.3) is 10.9 Å². The Labute approximate surface area is 140 Å². The largest absolute Gasteiger partial charge is 0.372 e. The van der Waals surface area contributed by atoms with Gasteiger partial charge in [0.05, 0.1) is 17.8 Å². The summed E-state index contributed by atoms with van der Waals surface area (Å²) in [5, 5.41) is 0.932. The van der Waals surface area contributed by atoms with Crippen LogP contribution in [0.5, 0.6) is 0 Å². The third-order valence-electron chi connectivity index (χ3n) is 3.66. The predicted octanol–water partition coefficient (Wildman–Crippen LogP) is 3.94. The summed E-state index contributed by atoms with van der Waals surface area (Å²) in [7, 11) is 0. The first-order valence-electron chi connectivity index (χ1n) is 6.86. The molecule has 1 amide bonds. The molecule has 0 saturated carbocycles. The van der Waals surface area contributed by atoms with E-state index in [1.54, 1.807) is 6.20 Å². The first kappa shape index (κ1) is 15.1. The quantitative estimate of drug-likeness (QED) is 0.766. The summed E-state index contributed by atoms with van der Waals surface area (Å²) in [5.74, 6) is 0.0532. The Morgan fingerprint density at radius 1 is 1.24 bits per heavy atom. The number of benzene rings is 1. The van der Waals surface area contributed by atoms with E-state index in [-0.39, 0.29) is 18.1 Å². The van der Waals surface area contributed by atoms with Gasteiger partial charge in [0.25, 0.3) is 5.91 Å². The predicted molar refractivity (Wildman–Crippen MR) is 89.6 cm³/mol. The van der Waals surface area contributed by atoms with E-state index in [1.807, 2.05) is 30.9 Å². The third kappa shape index (κ3) is 2.89. The number of hydrogen-bond acceptors (Lipinski definition) is 2. The molecule has 1 aromatic carbocycles. The average molecular weight is 416 g/mol. The summed E-state index contributed by atoms with van der Waals surface area (Å²) in [6, 6.07) is 3.94. The lowest BCUT2D eigenvalue weighted by Gasteiger charge is -2.35. The summed E-state index contributed by atoms with van der Waals surface area (Å²) in [6.45, 7) is 5.26. The zero-order valence-corrected chi connectivity index (χ0v) is 15.0. The topological polar surface area (TPSA) is 45.3 Å². The lowest BCUT2D eigenvalue weighted by molar-refractivity contribution is -0.0585. The van der Waals surface area contributed by atoms with Crippen molar-refractivity contribution in [3.8, 4) is 0 Å². The molecule has 2 heterocycles. The SMILES string of the molecule is CC1CN(C(=O)c2c[nH]c3cc(Br)c(Br)cc23)CC(C)O1. The van der Waals surface area contributed by atoms with E-state index in [0.29, 0.717) is 18.7 Å². The van der Waals surface area contributed by atoms with Crippen molar-refractivity contribution < 1.29 is 9.53 Å². The lowest BCUT2D eigenvalue weighted by Crippen LogP contribution is -2.48. The molecular formula is C15H16Br2N2O2. The highest BCUT2D eigenvalue weighted by molar-refractivity contribution is 9.13. The van der Waals surface area contributed by atoms with Crippen LogP contribution in [0.4, 0.5) is 0 Å². The minimum absolute atomic E-state index is 0.0532. The second-order valence-corrected chi connectivity index (χ2v) is 7.19. The van der Waals surface area contributed by atoms with E-state index in [9.17, 15) is 4.79 Å². The Morgan fingerprint density at radius 3 is 2.52 bits per heavy atom. The minimum Gasteiger partial charge on any atom is -0.372 e. The molecule has 6 heteroatoms. The van der Waals surface area contributed by atoms with Gasteiger partial charge in [0.15, 0.2) is 0 Å². The summed E-state index contributed by atoms with van der Waals surface area (Å²) in [5.41, 5.74) is 1.65. The Morgan fingerprint density at radius 2 is 1.86 bits per heavy atom. The number of H-pyrrole nitrogens is 1. The fourth-order valence-corrected chi connectivity index (χ4v) is 3.49. The van der Waals surface area contributed by atoms with E-state index in [4.69, 9.17) is 4.74 Å². The molecule has 1 saturated heterocycles. The standard InChI is InChI=1S/C15H16Br2N2O2/c1-8-6-19(7-9(2)21-8)15(20)11-5-18-14-4-13(17)12(16)3-10(11)14/h3-5,8-9,18H,6-7H2,1-2H3. The van der Waals surface area contributed by atoms with E-state index < -0.39 is 0 Å². The Balaban J connectivity index is 1.96. The van der Waals surface area contributed by atoms with Crippen LogP contribution in [0.3, 0.4) is 0 Å². The van der Waals surface area contributed by atoms with Gasteiger partial charge < -0.3 is 14.6 Å². The molecule has 1 N–H and O–H groups in total. The monoisotopic (exact) mass is 414 g/mol. The third-order valence-corrected chi connectivity index (χ3v) is 5.50. The van der Waals surface area contributed by atoms with Crippen molar-refractivity contribution in [1.82, 2.24) is 9.88 Å². The van der Waals surface area contributed by atoms with Gasteiger partial charge in [0.1, 0.15) is 0 Å². The van der Waals surface area contributed by atoms with Gasteiger partial charge >= 0.3 is 0 Å². The van der Waals surface area contributed by atoms with Gasteiger partial charge in [-0.2, -0.15) is 0 Å². The van der Waals surface area contributed by atoms with Gasteiger partial charge in [-0.3, -0.25) is 4.79 Å². The van der Waals surface area contributed by atoms with Crippen molar-refractivity contribution in [1.29, 1.82) is 0 Å². The van der Waals surface area contributed by atoms with E-state index in [2.05, 4.69) is 36.8 Å². The maximum Gasteiger partial charge on any atom is 0.256 e. The van der Waals surface area contributed by atoms with Crippen LogP contribution < -0.4 is 0 Å². The highest BCUT2D eigenvalue weighted by atomic mass is 79.9. The molecule has 2 unspecified atom stereocenters. The maximum atomic E-state index is 12.8. The normalized spacial score (nSPS) is 22.8. The van der Waals surface area contributed by atoms with E-state index >= 15 is 0 Å². The molecular weight excluding hydrogens is 400 g/mol. The molecule has 0 spiro atoms. The van der Waals surface area contributed by atoms with E-state index in [1.165, 1.54) is 0 Å². The number of halogens is 2. The molecule has 0 radical (unpaired) electrons. The molecule has 1 aliphatic heterocycles. The molecule has 1 fully saturated rings. The van der Waals surface area contributed by atoms with Crippen LogP contribution in [0, 0.1) is 0 Å². The molecule has 0 bridgehead atoms. The summed E-state index contributed by atoms with van der Waals surface area (Å²) >= 11 is 6.97. The highest BCUT2D eigenvalue weighted by Crippen LogP contribution is 2.30. The van der Waals surface area contributed by atoms with Crippen molar-refractivity contribution in [2.24, 2.45) is 0 Å².